The molecule has 0 spiro atoms. The standard InChI is InChI=1S/C19H37NO3/c1-4-6-8-10-12-14-18(21)20(3)16-17-23-19(22)15-13-11-9-7-5-2/h4-17H2,1-3H3. The van der Waals surface area contributed by atoms with E-state index in [1.807, 2.05) is 0 Å². The van der Waals surface area contributed by atoms with Crippen LogP contribution in [0.25, 0.3) is 0 Å². The molecule has 0 heterocycles. The van der Waals surface area contributed by atoms with E-state index in [2.05, 4.69) is 13.8 Å². The molecule has 0 aromatic heterocycles. The van der Waals surface area contributed by atoms with Gasteiger partial charge in [-0.15, -0.1) is 0 Å². The molecule has 0 saturated carbocycles. The summed E-state index contributed by atoms with van der Waals surface area (Å²) in [5.74, 6) is 0.0130. The third kappa shape index (κ3) is 14.3. The molecule has 0 aliphatic heterocycles. The van der Waals surface area contributed by atoms with E-state index in [1.54, 1.807) is 11.9 Å². The van der Waals surface area contributed by atoms with Gasteiger partial charge in [-0.1, -0.05) is 65.2 Å². The van der Waals surface area contributed by atoms with Crippen molar-refractivity contribution in [2.75, 3.05) is 20.2 Å². The third-order valence-corrected chi connectivity index (χ3v) is 4.09. The van der Waals surface area contributed by atoms with Crippen LogP contribution in [0.4, 0.5) is 0 Å². The average Bonchev–Trinajstić information content (AvgIpc) is 2.54. The van der Waals surface area contributed by atoms with Crippen molar-refractivity contribution in [2.24, 2.45) is 0 Å². The minimum absolute atomic E-state index is 0.137. The first kappa shape index (κ1) is 21.9. The molecule has 23 heavy (non-hydrogen) atoms. The highest BCUT2D eigenvalue weighted by Gasteiger charge is 2.09. The molecule has 0 unspecified atom stereocenters. The van der Waals surface area contributed by atoms with Gasteiger partial charge in [-0.05, 0) is 12.8 Å². The van der Waals surface area contributed by atoms with Crippen molar-refractivity contribution in [1.82, 2.24) is 4.90 Å². The molecule has 1 amide bonds. The number of unbranched alkanes of at least 4 members (excludes halogenated alkanes) is 8. The molecule has 0 N–H and O–H groups in total. The molecule has 0 bridgehead atoms. The zero-order valence-corrected chi connectivity index (χ0v) is 15.6. The van der Waals surface area contributed by atoms with Crippen LogP contribution in [0.3, 0.4) is 0 Å². The van der Waals surface area contributed by atoms with Gasteiger partial charge in [0, 0.05) is 19.9 Å². The van der Waals surface area contributed by atoms with Crippen LogP contribution < -0.4 is 0 Å². The van der Waals surface area contributed by atoms with E-state index >= 15 is 0 Å². The van der Waals surface area contributed by atoms with Crippen LogP contribution in [0.15, 0.2) is 0 Å². The van der Waals surface area contributed by atoms with Gasteiger partial charge in [0.25, 0.3) is 0 Å². The minimum atomic E-state index is -0.137. The Hall–Kier alpha value is -1.06. The summed E-state index contributed by atoms with van der Waals surface area (Å²) in [4.78, 5) is 25.2. The molecule has 0 aromatic carbocycles. The van der Waals surface area contributed by atoms with E-state index in [0.717, 1.165) is 25.7 Å². The fraction of sp³-hybridized carbons (Fsp3) is 0.895. The molecular formula is C19H37NO3. The smallest absolute Gasteiger partial charge is 0.305 e. The predicted molar refractivity (Wildman–Crippen MR) is 95.3 cm³/mol. The predicted octanol–water partition coefficient (Wildman–Crippen LogP) is 4.71. The second kappa shape index (κ2) is 15.8. The second-order valence-corrected chi connectivity index (χ2v) is 6.36. The largest absolute Gasteiger partial charge is 0.464 e. The lowest BCUT2D eigenvalue weighted by Gasteiger charge is -2.17. The molecule has 0 radical (unpaired) electrons. The summed E-state index contributed by atoms with van der Waals surface area (Å²) < 4.78 is 5.19. The molecule has 0 aliphatic carbocycles. The van der Waals surface area contributed by atoms with Gasteiger partial charge in [-0.3, -0.25) is 9.59 Å². The average molecular weight is 328 g/mol. The number of carbonyl (C=O) groups excluding carboxylic acids is 2. The van der Waals surface area contributed by atoms with Gasteiger partial charge in [-0.25, -0.2) is 0 Å². The summed E-state index contributed by atoms with van der Waals surface area (Å²) in [6.07, 6.45) is 12.5. The lowest BCUT2D eigenvalue weighted by molar-refractivity contribution is -0.145. The van der Waals surface area contributed by atoms with E-state index in [4.69, 9.17) is 4.74 Å². The fourth-order valence-electron chi connectivity index (χ4n) is 2.44. The van der Waals surface area contributed by atoms with Crippen molar-refractivity contribution < 1.29 is 14.3 Å². The normalized spacial score (nSPS) is 10.6. The Kier molecular flexibility index (Phi) is 15.1. The van der Waals surface area contributed by atoms with Crippen molar-refractivity contribution in [3.8, 4) is 0 Å². The Balaban J connectivity index is 3.54. The Morgan fingerprint density at radius 1 is 0.783 bits per heavy atom. The van der Waals surface area contributed by atoms with Crippen molar-refractivity contribution in [1.29, 1.82) is 0 Å². The summed E-state index contributed by atoms with van der Waals surface area (Å²) >= 11 is 0. The quantitative estimate of drug-likeness (QED) is 0.323. The zero-order chi connectivity index (χ0) is 17.3. The molecule has 0 fully saturated rings. The SMILES string of the molecule is CCCCCCCC(=O)OCCN(C)C(=O)CCCCCCC. The van der Waals surface area contributed by atoms with Gasteiger partial charge in [0.1, 0.15) is 6.61 Å². The number of amides is 1. The molecule has 0 aromatic rings. The van der Waals surface area contributed by atoms with E-state index in [9.17, 15) is 9.59 Å². The van der Waals surface area contributed by atoms with Crippen LogP contribution >= 0.6 is 0 Å². The molecule has 136 valence electrons. The van der Waals surface area contributed by atoms with E-state index in [1.165, 1.54) is 38.5 Å². The first-order valence-electron chi connectivity index (χ1n) is 9.51. The van der Waals surface area contributed by atoms with Crippen molar-refractivity contribution in [3.05, 3.63) is 0 Å². The number of nitrogens with zero attached hydrogens (tertiary/aromatic N) is 1. The minimum Gasteiger partial charge on any atom is -0.464 e. The number of hydrogen-bond donors (Lipinski definition) is 0. The highest BCUT2D eigenvalue weighted by molar-refractivity contribution is 5.75. The van der Waals surface area contributed by atoms with Crippen molar-refractivity contribution in [2.45, 2.75) is 90.9 Å². The summed E-state index contributed by atoms with van der Waals surface area (Å²) in [5.41, 5.74) is 0. The molecule has 0 rings (SSSR count). The van der Waals surface area contributed by atoms with Crippen LogP contribution in [0, 0.1) is 0 Å². The second-order valence-electron chi connectivity index (χ2n) is 6.36. The maximum atomic E-state index is 11.9. The van der Waals surface area contributed by atoms with Gasteiger partial charge in [-0.2, -0.15) is 0 Å². The first-order valence-corrected chi connectivity index (χ1v) is 9.51. The fourth-order valence-corrected chi connectivity index (χ4v) is 2.44. The van der Waals surface area contributed by atoms with Crippen molar-refractivity contribution in [3.63, 3.8) is 0 Å². The lowest BCUT2D eigenvalue weighted by Crippen LogP contribution is -2.30. The number of likely N-dealkylation sites (N-methyl/N-ethyl adjacent to an activating group) is 1. The molecule has 0 atom stereocenters. The molecular weight excluding hydrogens is 290 g/mol. The van der Waals surface area contributed by atoms with Crippen LogP contribution in [0.5, 0.6) is 0 Å². The highest BCUT2D eigenvalue weighted by Crippen LogP contribution is 2.07. The summed E-state index contributed by atoms with van der Waals surface area (Å²) in [6, 6.07) is 0. The molecule has 0 saturated heterocycles. The van der Waals surface area contributed by atoms with E-state index < -0.39 is 0 Å². The number of esters is 1. The summed E-state index contributed by atoms with van der Waals surface area (Å²) in [5, 5.41) is 0. The van der Waals surface area contributed by atoms with Crippen molar-refractivity contribution >= 4 is 11.9 Å². The highest BCUT2D eigenvalue weighted by atomic mass is 16.5. The third-order valence-electron chi connectivity index (χ3n) is 4.09. The van der Waals surface area contributed by atoms with Crippen LogP contribution in [-0.2, 0) is 14.3 Å². The van der Waals surface area contributed by atoms with Gasteiger partial charge in [0.05, 0.1) is 6.54 Å². The summed E-state index contributed by atoms with van der Waals surface area (Å²) in [7, 11) is 1.78. The zero-order valence-electron chi connectivity index (χ0n) is 15.6. The van der Waals surface area contributed by atoms with E-state index in [0.29, 0.717) is 26.0 Å². The Labute approximate surface area is 143 Å². The Bertz CT molecular complexity index is 305. The topological polar surface area (TPSA) is 46.6 Å². The van der Waals surface area contributed by atoms with Gasteiger partial charge >= 0.3 is 5.97 Å². The number of ether oxygens (including phenoxy) is 1. The van der Waals surface area contributed by atoms with Crippen LogP contribution in [0.2, 0.25) is 0 Å². The number of carbonyl (C=O) groups is 2. The molecule has 4 heteroatoms. The molecule has 4 nitrogen and oxygen atoms in total. The maximum Gasteiger partial charge on any atom is 0.305 e. The summed E-state index contributed by atoms with van der Waals surface area (Å²) in [6.45, 7) is 5.17. The Morgan fingerprint density at radius 3 is 1.87 bits per heavy atom. The molecule has 0 aliphatic rings. The van der Waals surface area contributed by atoms with Gasteiger partial charge < -0.3 is 9.64 Å². The first-order chi connectivity index (χ1) is 11.1. The van der Waals surface area contributed by atoms with Crippen LogP contribution in [0.1, 0.15) is 90.9 Å². The monoisotopic (exact) mass is 327 g/mol. The number of hydrogen-bond acceptors (Lipinski definition) is 3. The van der Waals surface area contributed by atoms with Gasteiger partial charge in [0.2, 0.25) is 5.91 Å². The van der Waals surface area contributed by atoms with E-state index in [-0.39, 0.29) is 11.9 Å². The Morgan fingerprint density at radius 2 is 1.30 bits per heavy atom. The van der Waals surface area contributed by atoms with Gasteiger partial charge in [0.15, 0.2) is 0 Å². The van der Waals surface area contributed by atoms with Crippen LogP contribution in [-0.4, -0.2) is 37.0 Å². The maximum absolute atomic E-state index is 11.9. The lowest BCUT2D eigenvalue weighted by atomic mass is 10.1. The number of rotatable bonds is 15.